The molecule has 2 aliphatic rings. The molecule has 2 heteroatoms. The lowest BCUT2D eigenvalue weighted by Crippen LogP contribution is -2.82. The zero-order valence-corrected chi connectivity index (χ0v) is 8.56. The predicted molar refractivity (Wildman–Crippen MR) is 48.0 cm³/mol. The average Bonchev–Trinajstić information content (AvgIpc) is 2.26. The van der Waals surface area contributed by atoms with Crippen LogP contribution in [-0.4, -0.2) is 12.1 Å². The Balaban J connectivity index is 2.44. The standard InChI is InChI=1S/C10H20N2/c1-9(2)6-4-5-10(9,3)8(12)7(6)11/h6-8H,4-5,11-12H2,1-3H3/p+2/t6-,7-,8-,10+/m1/s1. The fraction of sp³-hybridized carbons (Fsp3) is 1.00. The van der Waals surface area contributed by atoms with Gasteiger partial charge in [-0.1, -0.05) is 20.8 Å². The number of rotatable bonds is 0. The monoisotopic (exact) mass is 170 g/mol. The minimum atomic E-state index is 0.462. The van der Waals surface area contributed by atoms with E-state index < -0.39 is 0 Å². The third kappa shape index (κ3) is 0.647. The lowest BCUT2D eigenvalue weighted by atomic mass is 9.69. The van der Waals surface area contributed by atoms with Crippen molar-refractivity contribution in [1.29, 1.82) is 0 Å². The second-order valence-electron chi connectivity index (χ2n) is 5.55. The minimum Gasteiger partial charge on any atom is -0.350 e. The Labute approximate surface area is 74.7 Å². The average molecular weight is 170 g/mol. The summed E-state index contributed by atoms with van der Waals surface area (Å²) in [6, 6.07) is 1.17. The zero-order chi connectivity index (χ0) is 9.15. The van der Waals surface area contributed by atoms with Crippen molar-refractivity contribution in [3.8, 4) is 0 Å². The van der Waals surface area contributed by atoms with Gasteiger partial charge < -0.3 is 11.5 Å². The summed E-state index contributed by atoms with van der Waals surface area (Å²) < 4.78 is 0. The third-order valence-corrected chi connectivity index (χ3v) is 5.23. The van der Waals surface area contributed by atoms with Gasteiger partial charge in [0.05, 0.1) is 0 Å². The van der Waals surface area contributed by atoms with E-state index in [0.29, 0.717) is 22.9 Å². The maximum Gasteiger partial charge on any atom is 0.143 e. The van der Waals surface area contributed by atoms with E-state index in [2.05, 4.69) is 32.2 Å². The molecule has 6 N–H and O–H groups in total. The Hall–Kier alpha value is -0.0800. The van der Waals surface area contributed by atoms with Gasteiger partial charge in [0.15, 0.2) is 0 Å². The zero-order valence-electron chi connectivity index (χ0n) is 8.56. The molecule has 2 saturated carbocycles. The maximum absolute atomic E-state index is 4.31. The summed E-state index contributed by atoms with van der Waals surface area (Å²) in [4.78, 5) is 0. The SMILES string of the molecule is CC1(C)[C@@H]2CC[C@@]1(C)[C@H]([NH3+])[C@@H]2[NH3+]. The van der Waals surface area contributed by atoms with Crippen LogP contribution in [-0.2, 0) is 0 Å². The minimum absolute atomic E-state index is 0.462. The second kappa shape index (κ2) is 2.05. The second-order valence-corrected chi connectivity index (χ2v) is 5.55. The molecule has 0 aromatic rings. The molecule has 0 aromatic carbocycles. The van der Waals surface area contributed by atoms with Crippen LogP contribution >= 0.6 is 0 Å². The summed E-state index contributed by atoms with van der Waals surface area (Å²) in [6.07, 6.45) is 2.74. The van der Waals surface area contributed by atoms with Gasteiger partial charge >= 0.3 is 0 Å². The van der Waals surface area contributed by atoms with E-state index in [1.807, 2.05) is 0 Å². The highest BCUT2D eigenvalue weighted by Crippen LogP contribution is 2.63. The normalized spacial score (nSPS) is 56.2. The molecule has 0 saturated heterocycles. The lowest BCUT2D eigenvalue weighted by molar-refractivity contribution is -0.543. The van der Waals surface area contributed by atoms with Gasteiger partial charge in [0.25, 0.3) is 0 Å². The van der Waals surface area contributed by atoms with Gasteiger partial charge in [-0.15, -0.1) is 0 Å². The summed E-state index contributed by atoms with van der Waals surface area (Å²) in [6.45, 7) is 7.23. The largest absolute Gasteiger partial charge is 0.350 e. The van der Waals surface area contributed by atoms with Crippen molar-refractivity contribution in [2.24, 2.45) is 16.7 Å². The Morgan fingerprint density at radius 3 is 2.00 bits per heavy atom. The van der Waals surface area contributed by atoms with Crippen LogP contribution in [0.25, 0.3) is 0 Å². The van der Waals surface area contributed by atoms with E-state index in [0.717, 1.165) is 5.92 Å². The maximum atomic E-state index is 4.31. The fourth-order valence-corrected chi connectivity index (χ4v) is 3.73. The van der Waals surface area contributed by atoms with Crippen LogP contribution in [0.5, 0.6) is 0 Å². The van der Waals surface area contributed by atoms with Crippen molar-refractivity contribution in [1.82, 2.24) is 0 Å². The molecular formula is C10H22N2+2. The highest BCUT2D eigenvalue weighted by molar-refractivity contribution is 5.13. The molecule has 0 unspecified atom stereocenters. The van der Waals surface area contributed by atoms with Crippen molar-refractivity contribution in [3.63, 3.8) is 0 Å². The molecule has 2 rings (SSSR count). The van der Waals surface area contributed by atoms with Crippen LogP contribution in [0.3, 0.4) is 0 Å². The molecule has 12 heavy (non-hydrogen) atoms. The van der Waals surface area contributed by atoms with Crippen LogP contribution in [0.15, 0.2) is 0 Å². The number of quaternary nitrogens is 2. The lowest BCUT2D eigenvalue weighted by Gasteiger charge is -2.34. The molecular weight excluding hydrogens is 148 g/mol. The molecule has 70 valence electrons. The molecule has 2 nitrogen and oxygen atoms in total. The quantitative estimate of drug-likeness (QED) is 0.500. The highest BCUT2D eigenvalue weighted by Gasteiger charge is 2.68. The molecule has 2 fully saturated rings. The molecule has 4 atom stereocenters. The van der Waals surface area contributed by atoms with Gasteiger partial charge in [0.1, 0.15) is 12.1 Å². The molecule has 2 aliphatic carbocycles. The van der Waals surface area contributed by atoms with Crippen LogP contribution in [0.2, 0.25) is 0 Å². The van der Waals surface area contributed by atoms with Crippen molar-refractivity contribution in [3.05, 3.63) is 0 Å². The summed E-state index contributed by atoms with van der Waals surface area (Å²) in [5.41, 5.74) is 9.53. The Morgan fingerprint density at radius 1 is 1.17 bits per heavy atom. The molecule has 0 heterocycles. The number of hydrogen-bond donors (Lipinski definition) is 2. The van der Waals surface area contributed by atoms with E-state index >= 15 is 0 Å². The summed E-state index contributed by atoms with van der Waals surface area (Å²) in [5, 5.41) is 0. The first-order valence-electron chi connectivity index (χ1n) is 5.07. The molecule has 0 spiro atoms. The van der Waals surface area contributed by atoms with E-state index in [-0.39, 0.29) is 0 Å². The van der Waals surface area contributed by atoms with Gasteiger partial charge in [-0.25, -0.2) is 0 Å². The topological polar surface area (TPSA) is 55.3 Å². The molecule has 2 bridgehead atoms. The molecule has 0 aromatic heterocycles. The van der Waals surface area contributed by atoms with E-state index in [1.54, 1.807) is 0 Å². The van der Waals surface area contributed by atoms with Crippen molar-refractivity contribution < 1.29 is 11.5 Å². The first kappa shape index (κ1) is 8.52. The van der Waals surface area contributed by atoms with Crippen molar-refractivity contribution in [2.75, 3.05) is 0 Å². The Morgan fingerprint density at radius 2 is 1.75 bits per heavy atom. The van der Waals surface area contributed by atoms with Gasteiger partial charge in [0, 0.05) is 11.3 Å². The summed E-state index contributed by atoms with van der Waals surface area (Å²) in [5.74, 6) is 0.824. The first-order valence-corrected chi connectivity index (χ1v) is 5.07. The number of hydrogen-bond acceptors (Lipinski definition) is 0. The van der Waals surface area contributed by atoms with Crippen LogP contribution in [0, 0.1) is 16.7 Å². The number of fused-ring (bicyclic) bond motifs is 2. The Kier molecular flexibility index (Phi) is 1.45. The van der Waals surface area contributed by atoms with Crippen LogP contribution in [0.4, 0.5) is 0 Å². The highest BCUT2D eigenvalue weighted by atomic mass is 14.9. The van der Waals surface area contributed by atoms with Gasteiger partial charge in [-0.3, -0.25) is 0 Å². The van der Waals surface area contributed by atoms with Crippen molar-refractivity contribution >= 4 is 0 Å². The summed E-state index contributed by atoms with van der Waals surface area (Å²) in [7, 11) is 0. The summed E-state index contributed by atoms with van der Waals surface area (Å²) >= 11 is 0. The van der Waals surface area contributed by atoms with Crippen molar-refractivity contribution in [2.45, 2.75) is 45.7 Å². The van der Waals surface area contributed by atoms with E-state index in [1.165, 1.54) is 12.8 Å². The third-order valence-electron chi connectivity index (χ3n) is 5.23. The fourth-order valence-electron chi connectivity index (χ4n) is 3.73. The van der Waals surface area contributed by atoms with Crippen LogP contribution in [0.1, 0.15) is 33.6 Å². The predicted octanol–water partition coefficient (Wildman–Crippen LogP) is -0.336. The van der Waals surface area contributed by atoms with Crippen LogP contribution < -0.4 is 11.5 Å². The van der Waals surface area contributed by atoms with Gasteiger partial charge in [0.2, 0.25) is 0 Å². The van der Waals surface area contributed by atoms with E-state index in [4.69, 9.17) is 0 Å². The molecule has 0 radical (unpaired) electrons. The van der Waals surface area contributed by atoms with E-state index in [9.17, 15) is 0 Å². The first-order chi connectivity index (χ1) is 5.41. The van der Waals surface area contributed by atoms with Gasteiger partial charge in [-0.2, -0.15) is 0 Å². The van der Waals surface area contributed by atoms with Gasteiger partial charge in [-0.05, 0) is 18.3 Å². The smallest absolute Gasteiger partial charge is 0.143 e. The molecule has 0 amide bonds. The Bertz CT molecular complexity index is 212. The molecule has 0 aliphatic heterocycles.